The molecule has 1 heterocycles. The number of nitrogens with one attached hydrogen (secondary N) is 1. The van der Waals surface area contributed by atoms with Crippen molar-refractivity contribution in [3.05, 3.63) is 23.8 Å². The van der Waals surface area contributed by atoms with Crippen molar-refractivity contribution >= 4 is 5.69 Å². The van der Waals surface area contributed by atoms with Gasteiger partial charge in [0.1, 0.15) is 5.75 Å². The van der Waals surface area contributed by atoms with Crippen molar-refractivity contribution in [1.82, 2.24) is 5.32 Å². The summed E-state index contributed by atoms with van der Waals surface area (Å²) >= 11 is 0. The zero-order chi connectivity index (χ0) is 13.0. The van der Waals surface area contributed by atoms with Crippen LogP contribution in [0.25, 0.3) is 0 Å². The Bertz CT molecular complexity index is 391. The fraction of sp³-hybridized carbons (Fsp3) is 0.538. The van der Waals surface area contributed by atoms with E-state index >= 15 is 0 Å². The molecule has 3 nitrogen and oxygen atoms in total. The molecule has 18 heavy (non-hydrogen) atoms. The maximum atomic E-state index is 12.2. The van der Waals surface area contributed by atoms with Gasteiger partial charge in [0.25, 0.3) is 0 Å². The van der Waals surface area contributed by atoms with E-state index in [1.54, 1.807) is 13.0 Å². The minimum Gasteiger partial charge on any atom is -0.435 e. The molecular formula is C13H18F2N2O. The third-order valence-corrected chi connectivity index (χ3v) is 3.08. The van der Waals surface area contributed by atoms with Gasteiger partial charge in [0.05, 0.1) is 0 Å². The number of aryl methyl sites for hydroxylation is 1. The monoisotopic (exact) mass is 256 g/mol. The van der Waals surface area contributed by atoms with Crippen LogP contribution in [0.3, 0.4) is 0 Å². The van der Waals surface area contributed by atoms with Crippen LogP contribution in [0.1, 0.15) is 12.0 Å². The van der Waals surface area contributed by atoms with Crippen LogP contribution in [0, 0.1) is 6.92 Å². The summed E-state index contributed by atoms with van der Waals surface area (Å²) in [7, 11) is 0. The number of benzene rings is 1. The molecule has 2 rings (SSSR count). The molecule has 0 unspecified atom stereocenters. The molecule has 0 saturated carbocycles. The number of ether oxygens (including phenoxy) is 1. The van der Waals surface area contributed by atoms with Crippen LogP contribution in [0.15, 0.2) is 18.2 Å². The molecule has 1 aromatic carbocycles. The summed E-state index contributed by atoms with van der Waals surface area (Å²) in [6.07, 6.45) is 1.09. The third kappa shape index (κ3) is 3.32. The minimum atomic E-state index is -2.77. The zero-order valence-electron chi connectivity index (χ0n) is 10.5. The van der Waals surface area contributed by atoms with Crippen LogP contribution in [0.2, 0.25) is 0 Å². The summed E-state index contributed by atoms with van der Waals surface area (Å²) in [5.41, 5.74) is 1.81. The Labute approximate surface area is 106 Å². The van der Waals surface area contributed by atoms with Crippen LogP contribution in [0.4, 0.5) is 14.5 Å². The second-order valence-corrected chi connectivity index (χ2v) is 4.42. The van der Waals surface area contributed by atoms with Gasteiger partial charge in [-0.3, -0.25) is 0 Å². The Balaban J connectivity index is 2.11. The number of halogens is 2. The smallest absolute Gasteiger partial charge is 0.387 e. The van der Waals surface area contributed by atoms with Gasteiger partial charge in [-0.25, -0.2) is 0 Å². The molecule has 0 amide bonds. The van der Waals surface area contributed by atoms with Crippen LogP contribution < -0.4 is 15.0 Å². The lowest BCUT2D eigenvalue weighted by Gasteiger charge is -2.23. The summed E-state index contributed by atoms with van der Waals surface area (Å²) in [5, 5.41) is 3.33. The van der Waals surface area contributed by atoms with Crippen LogP contribution in [0.5, 0.6) is 5.75 Å². The standard InChI is InChI=1S/C13H18F2N2O/c1-10-9-11(3-4-12(10)18-13(14)15)17-7-2-5-16-6-8-17/h3-4,9,13,16H,2,5-8H2,1H3. The summed E-state index contributed by atoms with van der Waals surface area (Å²) in [4.78, 5) is 2.26. The number of nitrogens with zero attached hydrogens (tertiary/aromatic N) is 1. The Kier molecular flexibility index (Phi) is 4.36. The highest BCUT2D eigenvalue weighted by Crippen LogP contribution is 2.26. The average molecular weight is 256 g/mol. The highest BCUT2D eigenvalue weighted by atomic mass is 19.3. The first-order valence-electron chi connectivity index (χ1n) is 6.18. The van der Waals surface area contributed by atoms with Gasteiger partial charge < -0.3 is 15.0 Å². The number of alkyl halides is 2. The average Bonchev–Trinajstić information content (AvgIpc) is 2.60. The lowest BCUT2D eigenvalue weighted by molar-refractivity contribution is -0.0502. The lowest BCUT2D eigenvalue weighted by Crippen LogP contribution is -2.27. The molecule has 0 bridgehead atoms. The van der Waals surface area contributed by atoms with Crippen molar-refractivity contribution in [2.24, 2.45) is 0 Å². The molecular weight excluding hydrogens is 238 g/mol. The van der Waals surface area contributed by atoms with Crippen molar-refractivity contribution in [3.8, 4) is 5.75 Å². The molecule has 0 spiro atoms. The Morgan fingerprint density at radius 3 is 2.83 bits per heavy atom. The fourth-order valence-corrected chi connectivity index (χ4v) is 2.16. The predicted molar refractivity (Wildman–Crippen MR) is 67.5 cm³/mol. The van der Waals surface area contributed by atoms with E-state index in [9.17, 15) is 8.78 Å². The molecule has 0 atom stereocenters. The zero-order valence-corrected chi connectivity index (χ0v) is 10.5. The van der Waals surface area contributed by atoms with Gasteiger partial charge in [-0.05, 0) is 43.7 Å². The van der Waals surface area contributed by atoms with Crippen molar-refractivity contribution in [1.29, 1.82) is 0 Å². The van der Waals surface area contributed by atoms with Gasteiger partial charge in [-0.15, -0.1) is 0 Å². The molecule has 0 radical (unpaired) electrons. The molecule has 0 aromatic heterocycles. The topological polar surface area (TPSA) is 24.5 Å². The van der Waals surface area contributed by atoms with Crippen molar-refractivity contribution in [3.63, 3.8) is 0 Å². The largest absolute Gasteiger partial charge is 0.435 e. The van der Waals surface area contributed by atoms with Crippen molar-refractivity contribution in [2.45, 2.75) is 20.0 Å². The summed E-state index contributed by atoms with van der Waals surface area (Å²) in [6, 6.07) is 5.37. The van der Waals surface area contributed by atoms with E-state index in [0.717, 1.165) is 43.9 Å². The highest BCUT2D eigenvalue weighted by Gasteiger charge is 2.12. The maximum absolute atomic E-state index is 12.2. The maximum Gasteiger partial charge on any atom is 0.387 e. The lowest BCUT2D eigenvalue weighted by atomic mass is 10.2. The molecule has 1 aliphatic rings. The molecule has 1 fully saturated rings. The molecule has 5 heteroatoms. The minimum absolute atomic E-state index is 0.252. The van der Waals surface area contributed by atoms with E-state index < -0.39 is 6.61 Å². The van der Waals surface area contributed by atoms with Gasteiger partial charge in [0.15, 0.2) is 0 Å². The second-order valence-electron chi connectivity index (χ2n) is 4.42. The van der Waals surface area contributed by atoms with Crippen LogP contribution in [-0.2, 0) is 0 Å². The predicted octanol–water partition coefficient (Wildman–Crippen LogP) is 2.40. The summed E-state index contributed by atoms with van der Waals surface area (Å²) in [6.45, 7) is 2.93. The number of rotatable bonds is 3. The van der Waals surface area contributed by atoms with Crippen LogP contribution in [-0.4, -0.2) is 32.8 Å². The Morgan fingerprint density at radius 1 is 1.28 bits per heavy atom. The molecule has 1 aromatic rings. The Morgan fingerprint density at radius 2 is 2.11 bits per heavy atom. The first kappa shape index (κ1) is 13.1. The first-order valence-corrected chi connectivity index (χ1v) is 6.18. The van der Waals surface area contributed by atoms with Crippen molar-refractivity contribution < 1.29 is 13.5 Å². The van der Waals surface area contributed by atoms with E-state index in [0.29, 0.717) is 0 Å². The van der Waals surface area contributed by atoms with Crippen molar-refractivity contribution in [2.75, 3.05) is 31.1 Å². The molecule has 1 saturated heterocycles. The molecule has 0 aliphatic carbocycles. The molecule has 100 valence electrons. The number of hydrogen-bond donors (Lipinski definition) is 1. The fourth-order valence-electron chi connectivity index (χ4n) is 2.16. The van der Waals surface area contributed by atoms with E-state index in [1.807, 2.05) is 12.1 Å². The highest BCUT2D eigenvalue weighted by molar-refractivity contribution is 5.53. The van der Waals surface area contributed by atoms with Crippen LogP contribution >= 0.6 is 0 Å². The number of hydrogen-bond acceptors (Lipinski definition) is 3. The van der Waals surface area contributed by atoms with E-state index in [1.165, 1.54) is 0 Å². The van der Waals surface area contributed by atoms with E-state index in [4.69, 9.17) is 0 Å². The SMILES string of the molecule is Cc1cc(N2CCCNCC2)ccc1OC(F)F. The van der Waals surface area contributed by atoms with Gasteiger partial charge in [0, 0.05) is 25.3 Å². The molecule has 1 N–H and O–H groups in total. The van der Waals surface area contributed by atoms with Gasteiger partial charge in [0.2, 0.25) is 0 Å². The number of anilines is 1. The summed E-state index contributed by atoms with van der Waals surface area (Å²) in [5.74, 6) is 0.252. The molecule has 1 aliphatic heterocycles. The normalized spacial score (nSPS) is 16.8. The van der Waals surface area contributed by atoms with E-state index in [-0.39, 0.29) is 5.75 Å². The van der Waals surface area contributed by atoms with Gasteiger partial charge in [-0.2, -0.15) is 8.78 Å². The Hall–Kier alpha value is -1.36. The third-order valence-electron chi connectivity index (χ3n) is 3.08. The quantitative estimate of drug-likeness (QED) is 0.898. The first-order chi connectivity index (χ1) is 8.66. The van der Waals surface area contributed by atoms with Gasteiger partial charge >= 0.3 is 6.61 Å². The van der Waals surface area contributed by atoms with E-state index in [2.05, 4.69) is 15.0 Å². The summed E-state index contributed by atoms with van der Waals surface area (Å²) < 4.78 is 28.8. The second kappa shape index (κ2) is 6.00. The van der Waals surface area contributed by atoms with Gasteiger partial charge in [-0.1, -0.05) is 0 Å².